The fourth-order valence-electron chi connectivity index (χ4n) is 1.97. The molecule has 0 atom stereocenters. The van der Waals surface area contributed by atoms with Gasteiger partial charge in [-0.3, -0.25) is 4.79 Å². The van der Waals surface area contributed by atoms with Gasteiger partial charge in [-0.25, -0.2) is 4.39 Å². The molecule has 0 bridgehead atoms. The molecule has 0 unspecified atom stereocenters. The summed E-state index contributed by atoms with van der Waals surface area (Å²) in [5, 5.41) is 2.77. The van der Waals surface area contributed by atoms with Crippen LogP contribution in [-0.4, -0.2) is 19.6 Å². The van der Waals surface area contributed by atoms with E-state index in [9.17, 15) is 9.18 Å². The van der Waals surface area contributed by atoms with Gasteiger partial charge in [0.05, 0.1) is 19.4 Å². The molecule has 2 aromatic carbocycles. The number of hydrogen-bond acceptors (Lipinski definition) is 3. The van der Waals surface area contributed by atoms with Crippen LogP contribution in [0.15, 0.2) is 36.4 Å². The number of carbonyl (C=O) groups excluding carboxylic acids is 1. The van der Waals surface area contributed by atoms with Crippen molar-refractivity contribution in [2.45, 2.75) is 13.8 Å². The third-order valence-corrected chi connectivity index (χ3v) is 3.41. The van der Waals surface area contributed by atoms with Crippen LogP contribution in [0.4, 0.5) is 10.1 Å². The number of halogens is 2. The summed E-state index contributed by atoms with van der Waals surface area (Å²) >= 11 is 5.70. The molecule has 0 aromatic heterocycles. The van der Waals surface area contributed by atoms with Gasteiger partial charge >= 0.3 is 0 Å². The van der Waals surface area contributed by atoms with Crippen molar-refractivity contribution in [3.8, 4) is 11.5 Å². The number of nitrogens with one attached hydrogen (secondary N) is 1. The topological polar surface area (TPSA) is 47.6 Å². The molecule has 24 heavy (non-hydrogen) atoms. The Morgan fingerprint density at radius 1 is 1.21 bits per heavy atom. The summed E-state index contributed by atoms with van der Waals surface area (Å²) in [6.07, 6.45) is 0. The Hall–Kier alpha value is -2.27. The first-order valence-electron chi connectivity index (χ1n) is 7.48. The minimum Gasteiger partial charge on any atom is -0.493 e. The average molecular weight is 352 g/mol. The van der Waals surface area contributed by atoms with Gasteiger partial charge in [0, 0.05) is 10.6 Å². The first-order valence-corrected chi connectivity index (χ1v) is 7.85. The molecule has 4 nitrogen and oxygen atoms in total. The molecule has 0 aliphatic heterocycles. The van der Waals surface area contributed by atoms with Crippen LogP contribution in [0, 0.1) is 11.7 Å². The molecule has 0 aliphatic rings. The highest BCUT2D eigenvalue weighted by atomic mass is 35.5. The summed E-state index contributed by atoms with van der Waals surface area (Å²) in [5.41, 5.74) is 0.390. The molecule has 1 N–H and O–H groups in total. The van der Waals surface area contributed by atoms with Gasteiger partial charge in [0.2, 0.25) is 0 Å². The van der Waals surface area contributed by atoms with E-state index in [0.29, 0.717) is 29.6 Å². The van der Waals surface area contributed by atoms with Crippen molar-refractivity contribution in [3.63, 3.8) is 0 Å². The first-order chi connectivity index (χ1) is 11.4. The molecule has 128 valence electrons. The molecule has 0 fully saturated rings. The zero-order valence-electron chi connectivity index (χ0n) is 13.7. The number of amides is 1. The van der Waals surface area contributed by atoms with Crippen molar-refractivity contribution >= 4 is 23.2 Å². The fraction of sp³-hybridized carbons (Fsp3) is 0.278. The van der Waals surface area contributed by atoms with Gasteiger partial charge in [-0.1, -0.05) is 25.4 Å². The van der Waals surface area contributed by atoms with Crippen molar-refractivity contribution in [2.75, 3.05) is 19.0 Å². The number of benzene rings is 2. The third kappa shape index (κ3) is 4.61. The Balaban J connectivity index is 2.17. The smallest absolute Gasteiger partial charge is 0.255 e. The van der Waals surface area contributed by atoms with Gasteiger partial charge in [0.1, 0.15) is 5.82 Å². The average Bonchev–Trinajstić information content (AvgIpc) is 2.55. The molecule has 2 rings (SSSR count). The summed E-state index contributed by atoms with van der Waals surface area (Å²) in [7, 11) is 1.50. The molecule has 0 radical (unpaired) electrons. The molecule has 0 aliphatic carbocycles. The maximum Gasteiger partial charge on any atom is 0.255 e. The van der Waals surface area contributed by atoms with Crippen LogP contribution in [0.3, 0.4) is 0 Å². The second-order valence-electron chi connectivity index (χ2n) is 5.65. The predicted octanol–water partition coefficient (Wildman–Crippen LogP) is 4.77. The van der Waals surface area contributed by atoms with E-state index >= 15 is 0 Å². The van der Waals surface area contributed by atoms with Crippen LogP contribution in [0.2, 0.25) is 5.02 Å². The van der Waals surface area contributed by atoms with E-state index in [1.54, 1.807) is 18.2 Å². The summed E-state index contributed by atoms with van der Waals surface area (Å²) in [4.78, 5) is 12.3. The predicted molar refractivity (Wildman–Crippen MR) is 92.7 cm³/mol. The van der Waals surface area contributed by atoms with Crippen molar-refractivity contribution in [1.29, 1.82) is 0 Å². The molecule has 0 saturated heterocycles. The maximum absolute atomic E-state index is 13.8. The largest absolute Gasteiger partial charge is 0.493 e. The van der Waals surface area contributed by atoms with E-state index in [-0.39, 0.29) is 10.7 Å². The van der Waals surface area contributed by atoms with E-state index < -0.39 is 11.7 Å². The van der Waals surface area contributed by atoms with Crippen molar-refractivity contribution < 1.29 is 18.7 Å². The summed E-state index contributed by atoms with van der Waals surface area (Å²) in [6, 6.07) is 8.87. The number of carbonyl (C=O) groups is 1. The Kier molecular flexibility index (Phi) is 6.04. The molecular weight excluding hydrogens is 333 g/mol. The third-order valence-electron chi connectivity index (χ3n) is 3.18. The summed E-state index contributed by atoms with van der Waals surface area (Å²) < 4.78 is 24.7. The Morgan fingerprint density at radius 3 is 2.58 bits per heavy atom. The number of hydrogen-bond donors (Lipinski definition) is 1. The molecule has 0 heterocycles. The number of anilines is 1. The van der Waals surface area contributed by atoms with Crippen LogP contribution in [0.1, 0.15) is 24.2 Å². The standard InChI is InChI=1S/C18H19ClFNO3/c1-11(2)10-24-16-7-4-12(8-17(16)23-3)18(22)21-15-6-5-13(19)9-14(15)20/h4-9,11H,10H2,1-3H3,(H,21,22). The van der Waals surface area contributed by atoms with E-state index in [0.717, 1.165) is 6.07 Å². The van der Waals surface area contributed by atoms with Crippen LogP contribution in [0.25, 0.3) is 0 Å². The number of rotatable bonds is 6. The summed E-state index contributed by atoms with van der Waals surface area (Å²) in [6.45, 7) is 4.61. The van der Waals surface area contributed by atoms with Crippen molar-refractivity contribution in [2.24, 2.45) is 5.92 Å². The minimum absolute atomic E-state index is 0.0588. The SMILES string of the molecule is COc1cc(C(=O)Nc2ccc(Cl)cc2F)ccc1OCC(C)C. The Morgan fingerprint density at radius 2 is 1.96 bits per heavy atom. The zero-order valence-corrected chi connectivity index (χ0v) is 14.5. The first kappa shape index (κ1) is 18.1. The highest BCUT2D eigenvalue weighted by molar-refractivity contribution is 6.30. The van der Waals surface area contributed by atoms with Gasteiger partial charge < -0.3 is 14.8 Å². The van der Waals surface area contributed by atoms with Crippen LogP contribution in [0.5, 0.6) is 11.5 Å². The second kappa shape index (κ2) is 8.02. The second-order valence-corrected chi connectivity index (χ2v) is 6.09. The van der Waals surface area contributed by atoms with E-state index in [4.69, 9.17) is 21.1 Å². The molecule has 2 aromatic rings. The molecular formula is C18H19ClFNO3. The lowest BCUT2D eigenvalue weighted by atomic mass is 10.1. The molecule has 6 heteroatoms. The highest BCUT2D eigenvalue weighted by Crippen LogP contribution is 2.29. The van der Waals surface area contributed by atoms with Gasteiger partial charge in [0.25, 0.3) is 5.91 Å². The lowest BCUT2D eigenvalue weighted by molar-refractivity contribution is 0.102. The molecule has 0 saturated carbocycles. The van der Waals surface area contributed by atoms with Crippen molar-refractivity contribution in [1.82, 2.24) is 0 Å². The number of ether oxygens (including phenoxy) is 2. The van der Waals surface area contributed by atoms with Gasteiger partial charge in [-0.2, -0.15) is 0 Å². The quantitative estimate of drug-likeness (QED) is 0.815. The Labute approximate surface area is 145 Å². The van der Waals surface area contributed by atoms with Gasteiger partial charge in [-0.05, 0) is 42.3 Å². The highest BCUT2D eigenvalue weighted by Gasteiger charge is 2.13. The zero-order chi connectivity index (χ0) is 17.7. The van der Waals surface area contributed by atoms with E-state index in [1.165, 1.54) is 19.2 Å². The minimum atomic E-state index is -0.597. The van der Waals surface area contributed by atoms with Crippen LogP contribution >= 0.6 is 11.6 Å². The Bertz CT molecular complexity index is 734. The van der Waals surface area contributed by atoms with Gasteiger partial charge in [-0.15, -0.1) is 0 Å². The van der Waals surface area contributed by atoms with Crippen LogP contribution in [-0.2, 0) is 0 Å². The summed E-state index contributed by atoms with van der Waals surface area (Å²) in [5.74, 6) is 0.315. The van der Waals surface area contributed by atoms with Crippen LogP contribution < -0.4 is 14.8 Å². The fourth-order valence-corrected chi connectivity index (χ4v) is 2.13. The van der Waals surface area contributed by atoms with E-state index in [2.05, 4.69) is 5.32 Å². The normalized spacial score (nSPS) is 10.6. The molecule has 1 amide bonds. The maximum atomic E-state index is 13.8. The lowest BCUT2D eigenvalue weighted by Crippen LogP contribution is -2.13. The number of methoxy groups -OCH3 is 1. The lowest BCUT2D eigenvalue weighted by Gasteiger charge is -2.13. The van der Waals surface area contributed by atoms with E-state index in [1.807, 2.05) is 13.8 Å². The van der Waals surface area contributed by atoms with Crippen molar-refractivity contribution in [3.05, 3.63) is 52.8 Å². The monoisotopic (exact) mass is 351 g/mol. The van der Waals surface area contributed by atoms with Gasteiger partial charge in [0.15, 0.2) is 11.5 Å². The molecule has 0 spiro atoms.